The van der Waals surface area contributed by atoms with Crippen molar-refractivity contribution in [1.29, 1.82) is 0 Å². The summed E-state index contributed by atoms with van der Waals surface area (Å²) >= 11 is 4.93. The standard InChI is InChI=1S/C20H17BrN2O2S/c21-15-5-7-17(8-6-15)25-12-19-22-16(13-26-19)11-20(24)23-10-9-14-3-1-2-4-18(14)23/h1-8,13H,9-12H2. The quantitative estimate of drug-likeness (QED) is 0.595. The minimum Gasteiger partial charge on any atom is -0.486 e. The van der Waals surface area contributed by atoms with Gasteiger partial charge in [0.1, 0.15) is 17.4 Å². The van der Waals surface area contributed by atoms with E-state index in [4.69, 9.17) is 4.74 Å². The van der Waals surface area contributed by atoms with Crippen LogP contribution in [0.25, 0.3) is 0 Å². The summed E-state index contributed by atoms with van der Waals surface area (Å²) in [5.74, 6) is 0.898. The van der Waals surface area contributed by atoms with Gasteiger partial charge in [0.2, 0.25) is 5.91 Å². The topological polar surface area (TPSA) is 42.4 Å². The number of benzene rings is 2. The maximum Gasteiger partial charge on any atom is 0.233 e. The van der Waals surface area contributed by atoms with E-state index < -0.39 is 0 Å². The van der Waals surface area contributed by atoms with Crippen molar-refractivity contribution in [2.24, 2.45) is 0 Å². The first-order valence-electron chi connectivity index (χ1n) is 8.39. The minimum absolute atomic E-state index is 0.0978. The molecule has 3 aromatic rings. The van der Waals surface area contributed by atoms with Crippen LogP contribution in [0.15, 0.2) is 58.4 Å². The second kappa shape index (κ2) is 7.60. The number of carbonyl (C=O) groups is 1. The fourth-order valence-corrected chi connectivity index (χ4v) is 3.99. The van der Waals surface area contributed by atoms with E-state index in [1.54, 1.807) is 0 Å². The summed E-state index contributed by atoms with van der Waals surface area (Å²) in [6.07, 6.45) is 1.24. The van der Waals surface area contributed by atoms with Gasteiger partial charge in [0.25, 0.3) is 0 Å². The monoisotopic (exact) mass is 428 g/mol. The van der Waals surface area contributed by atoms with Crippen LogP contribution in [0, 0.1) is 0 Å². The lowest BCUT2D eigenvalue weighted by Crippen LogP contribution is -2.30. The molecule has 1 aliphatic rings. The largest absolute Gasteiger partial charge is 0.486 e. The van der Waals surface area contributed by atoms with Gasteiger partial charge in [0.05, 0.1) is 12.1 Å². The molecule has 4 nitrogen and oxygen atoms in total. The van der Waals surface area contributed by atoms with Crippen molar-refractivity contribution >= 4 is 38.9 Å². The highest BCUT2D eigenvalue weighted by molar-refractivity contribution is 9.10. The molecular weight excluding hydrogens is 412 g/mol. The zero-order chi connectivity index (χ0) is 17.9. The summed E-state index contributed by atoms with van der Waals surface area (Å²) in [6.45, 7) is 1.16. The predicted molar refractivity (Wildman–Crippen MR) is 107 cm³/mol. The fourth-order valence-electron chi connectivity index (χ4n) is 3.02. The first-order chi connectivity index (χ1) is 12.7. The Kier molecular flexibility index (Phi) is 5.04. The van der Waals surface area contributed by atoms with Gasteiger partial charge in [0.15, 0.2) is 0 Å². The maximum atomic E-state index is 12.7. The van der Waals surface area contributed by atoms with Gasteiger partial charge in [0, 0.05) is 22.1 Å². The van der Waals surface area contributed by atoms with Crippen LogP contribution in [-0.4, -0.2) is 17.4 Å². The van der Waals surface area contributed by atoms with Crippen molar-refractivity contribution in [3.05, 3.63) is 74.6 Å². The van der Waals surface area contributed by atoms with Crippen LogP contribution >= 0.6 is 27.3 Å². The lowest BCUT2D eigenvalue weighted by atomic mass is 10.2. The zero-order valence-electron chi connectivity index (χ0n) is 14.0. The number of nitrogens with zero attached hydrogens (tertiary/aromatic N) is 2. The molecule has 1 aromatic heterocycles. The molecule has 1 aliphatic heterocycles. The van der Waals surface area contributed by atoms with E-state index in [2.05, 4.69) is 27.0 Å². The molecule has 4 rings (SSSR count). The van der Waals surface area contributed by atoms with Crippen LogP contribution < -0.4 is 9.64 Å². The second-order valence-electron chi connectivity index (χ2n) is 6.08. The van der Waals surface area contributed by atoms with Crippen molar-refractivity contribution in [2.75, 3.05) is 11.4 Å². The Morgan fingerprint density at radius 3 is 2.85 bits per heavy atom. The molecule has 26 heavy (non-hydrogen) atoms. The van der Waals surface area contributed by atoms with E-state index in [-0.39, 0.29) is 5.91 Å². The number of halogens is 1. The predicted octanol–water partition coefficient (Wildman–Crippen LogP) is 4.62. The lowest BCUT2D eigenvalue weighted by molar-refractivity contribution is -0.117. The van der Waals surface area contributed by atoms with E-state index in [1.807, 2.05) is 52.7 Å². The van der Waals surface area contributed by atoms with Crippen molar-refractivity contribution in [3.63, 3.8) is 0 Å². The molecule has 0 saturated heterocycles. The molecule has 132 valence electrons. The smallest absolute Gasteiger partial charge is 0.233 e. The normalized spacial score (nSPS) is 12.9. The third-order valence-corrected chi connectivity index (χ3v) is 5.70. The molecule has 1 amide bonds. The van der Waals surface area contributed by atoms with Crippen molar-refractivity contribution in [3.8, 4) is 5.75 Å². The zero-order valence-corrected chi connectivity index (χ0v) is 16.4. The van der Waals surface area contributed by atoms with Gasteiger partial charge in [-0.2, -0.15) is 0 Å². The highest BCUT2D eigenvalue weighted by atomic mass is 79.9. The number of aromatic nitrogens is 1. The molecule has 2 heterocycles. The number of carbonyl (C=O) groups excluding carboxylic acids is 1. The first-order valence-corrected chi connectivity index (χ1v) is 10.1. The molecule has 0 radical (unpaired) electrons. The summed E-state index contributed by atoms with van der Waals surface area (Å²) in [7, 11) is 0. The van der Waals surface area contributed by atoms with Gasteiger partial charge in [-0.3, -0.25) is 4.79 Å². The molecule has 0 aliphatic carbocycles. The number of para-hydroxylation sites is 1. The van der Waals surface area contributed by atoms with Crippen LogP contribution in [-0.2, 0) is 24.2 Å². The second-order valence-corrected chi connectivity index (χ2v) is 7.93. The van der Waals surface area contributed by atoms with E-state index in [9.17, 15) is 4.79 Å². The number of thiazole rings is 1. The Hall–Kier alpha value is -2.18. The van der Waals surface area contributed by atoms with Crippen LogP contribution in [0.3, 0.4) is 0 Å². The van der Waals surface area contributed by atoms with Gasteiger partial charge in [-0.15, -0.1) is 11.3 Å². The highest BCUT2D eigenvalue weighted by Crippen LogP contribution is 2.28. The van der Waals surface area contributed by atoms with Crippen LogP contribution in [0.4, 0.5) is 5.69 Å². The summed E-state index contributed by atoms with van der Waals surface area (Å²) in [4.78, 5) is 19.1. The highest BCUT2D eigenvalue weighted by Gasteiger charge is 2.24. The number of anilines is 1. The van der Waals surface area contributed by atoms with E-state index in [0.717, 1.165) is 39.6 Å². The van der Waals surface area contributed by atoms with Crippen molar-refractivity contribution in [1.82, 2.24) is 4.98 Å². The lowest BCUT2D eigenvalue weighted by Gasteiger charge is -2.16. The fraction of sp³-hybridized carbons (Fsp3) is 0.200. The average Bonchev–Trinajstić information content (AvgIpc) is 3.28. The van der Waals surface area contributed by atoms with Crippen LogP contribution in [0.2, 0.25) is 0 Å². The molecule has 0 bridgehead atoms. The van der Waals surface area contributed by atoms with Gasteiger partial charge >= 0.3 is 0 Å². The molecule has 2 aromatic carbocycles. The molecule has 0 N–H and O–H groups in total. The third kappa shape index (κ3) is 3.81. The Morgan fingerprint density at radius 2 is 2.00 bits per heavy atom. The Balaban J connectivity index is 1.36. The summed E-state index contributed by atoms with van der Waals surface area (Å²) < 4.78 is 6.76. The van der Waals surface area contributed by atoms with Crippen LogP contribution in [0.1, 0.15) is 16.3 Å². The maximum absolute atomic E-state index is 12.7. The van der Waals surface area contributed by atoms with Crippen molar-refractivity contribution in [2.45, 2.75) is 19.4 Å². The summed E-state index contributed by atoms with van der Waals surface area (Å²) in [5.41, 5.74) is 3.08. The molecule has 0 atom stereocenters. The number of fused-ring (bicyclic) bond motifs is 1. The summed E-state index contributed by atoms with van der Waals surface area (Å²) in [6, 6.07) is 15.8. The molecule has 0 fully saturated rings. The van der Waals surface area contributed by atoms with Crippen molar-refractivity contribution < 1.29 is 9.53 Å². The van der Waals surface area contributed by atoms with Gasteiger partial charge in [-0.1, -0.05) is 34.1 Å². The molecule has 0 unspecified atom stereocenters. The number of hydrogen-bond acceptors (Lipinski definition) is 4. The molecule has 6 heteroatoms. The number of amides is 1. The molecule has 0 saturated carbocycles. The summed E-state index contributed by atoms with van der Waals surface area (Å²) in [5, 5.41) is 2.82. The molecule has 0 spiro atoms. The average molecular weight is 429 g/mol. The Labute approximate surface area is 164 Å². The molecular formula is C20H17BrN2O2S. The third-order valence-electron chi connectivity index (χ3n) is 4.30. The van der Waals surface area contributed by atoms with Gasteiger partial charge in [-0.25, -0.2) is 4.98 Å². The van der Waals surface area contributed by atoms with Gasteiger partial charge < -0.3 is 9.64 Å². The Bertz CT molecular complexity index is 924. The van der Waals surface area contributed by atoms with E-state index in [0.29, 0.717) is 13.0 Å². The Morgan fingerprint density at radius 1 is 1.19 bits per heavy atom. The van der Waals surface area contributed by atoms with E-state index in [1.165, 1.54) is 16.9 Å². The number of rotatable bonds is 5. The number of hydrogen-bond donors (Lipinski definition) is 0. The SMILES string of the molecule is O=C(Cc1csc(COc2ccc(Br)cc2)n1)N1CCc2ccccc21. The van der Waals surface area contributed by atoms with Gasteiger partial charge in [-0.05, 0) is 42.3 Å². The van der Waals surface area contributed by atoms with E-state index >= 15 is 0 Å². The van der Waals surface area contributed by atoms with Crippen LogP contribution in [0.5, 0.6) is 5.75 Å². The first kappa shape index (κ1) is 17.2. The number of ether oxygens (including phenoxy) is 1. The minimum atomic E-state index is 0.0978.